The topological polar surface area (TPSA) is 49.4 Å². The van der Waals surface area contributed by atoms with Crippen LogP contribution in [-0.4, -0.2) is 23.3 Å². The Hall–Kier alpha value is -2.90. The number of halogens is 4. The van der Waals surface area contributed by atoms with Gasteiger partial charge in [0, 0.05) is 32.0 Å². The highest BCUT2D eigenvalue weighted by atomic mass is 19.2. The Labute approximate surface area is 147 Å². The Morgan fingerprint density at radius 2 is 1.65 bits per heavy atom. The molecule has 1 N–H and O–H groups in total. The summed E-state index contributed by atoms with van der Waals surface area (Å²) in [5, 5.41) is 2.12. The number of carbonyl (C=O) groups excluding carboxylic acids is 2. The zero-order valence-corrected chi connectivity index (χ0v) is 13.9. The number of rotatable bonds is 6. The molecule has 0 fully saturated rings. The summed E-state index contributed by atoms with van der Waals surface area (Å²) < 4.78 is 53.3. The summed E-state index contributed by atoms with van der Waals surface area (Å²) in [6, 6.07) is 7.49. The van der Waals surface area contributed by atoms with E-state index in [9.17, 15) is 27.2 Å². The van der Waals surface area contributed by atoms with Crippen molar-refractivity contribution < 1.29 is 27.2 Å². The highest BCUT2D eigenvalue weighted by Gasteiger charge is 2.17. The average Bonchev–Trinajstić information content (AvgIpc) is 2.60. The van der Waals surface area contributed by atoms with E-state index in [4.69, 9.17) is 0 Å². The Morgan fingerprint density at radius 1 is 0.962 bits per heavy atom. The lowest BCUT2D eigenvalue weighted by Crippen LogP contribution is -2.32. The zero-order valence-electron chi connectivity index (χ0n) is 13.9. The Kier molecular flexibility index (Phi) is 6.32. The maximum absolute atomic E-state index is 13.7. The molecule has 0 radical (unpaired) electrons. The van der Waals surface area contributed by atoms with Crippen molar-refractivity contribution in [2.45, 2.75) is 19.9 Å². The van der Waals surface area contributed by atoms with Crippen LogP contribution in [-0.2, 0) is 16.1 Å². The highest BCUT2D eigenvalue weighted by Crippen LogP contribution is 2.20. The number of benzene rings is 2. The average molecular weight is 368 g/mol. The van der Waals surface area contributed by atoms with Crippen LogP contribution in [0.15, 0.2) is 36.4 Å². The van der Waals surface area contributed by atoms with Gasteiger partial charge in [-0.1, -0.05) is 18.2 Å². The van der Waals surface area contributed by atoms with E-state index in [1.807, 2.05) is 0 Å². The summed E-state index contributed by atoms with van der Waals surface area (Å²) >= 11 is 0. The molecule has 0 aliphatic carbocycles. The number of amides is 2. The molecular weight excluding hydrogens is 352 g/mol. The molecule has 2 amide bonds. The van der Waals surface area contributed by atoms with Gasteiger partial charge in [-0.05, 0) is 18.2 Å². The second kappa shape index (κ2) is 8.46. The number of carbonyl (C=O) groups is 2. The van der Waals surface area contributed by atoms with Gasteiger partial charge >= 0.3 is 0 Å². The van der Waals surface area contributed by atoms with E-state index in [2.05, 4.69) is 5.32 Å². The normalized spacial score (nSPS) is 10.5. The van der Waals surface area contributed by atoms with Crippen molar-refractivity contribution in [3.05, 3.63) is 65.2 Å². The Morgan fingerprint density at radius 3 is 2.31 bits per heavy atom. The number of hydrogen-bond donors (Lipinski definition) is 1. The molecule has 2 aromatic rings. The van der Waals surface area contributed by atoms with Gasteiger partial charge in [0.25, 0.3) is 0 Å². The summed E-state index contributed by atoms with van der Waals surface area (Å²) in [6.07, 6.45) is -0.230. The monoisotopic (exact) mass is 368 g/mol. The SMILES string of the molecule is CC(=O)N(CCC(=O)Nc1ccc(F)c(F)c1F)Cc1ccccc1F. The standard InChI is InChI=1S/C18H16F4N2O2/c1-11(25)24(10-12-4-2-3-5-13(12)19)9-8-16(26)23-15-7-6-14(20)17(21)18(15)22/h2-7H,8-10H2,1H3,(H,23,26). The van der Waals surface area contributed by atoms with Crippen LogP contribution in [0, 0.1) is 23.3 Å². The van der Waals surface area contributed by atoms with E-state index < -0.39 is 34.9 Å². The first-order valence-corrected chi connectivity index (χ1v) is 7.72. The first-order valence-electron chi connectivity index (χ1n) is 7.72. The minimum Gasteiger partial charge on any atom is -0.338 e. The molecule has 4 nitrogen and oxygen atoms in total. The van der Waals surface area contributed by atoms with E-state index in [1.54, 1.807) is 6.07 Å². The molecule has 0 saturated carbocycles. The predicted molar refractivity (Wildman–Crippen MR) is 87.1 cm³/mol. The van der Waals surface area contributed by atoms with Gasteiger partial charge in [-0.25, -0.2) is 17.6 Å². The van der Waals surface area contributed by atoms with Crippen molar-refractivity contribution in [1.82, 2.24) is 4.90 Å². The molecule has 0 aliphatic heterocycles. The van der Waals surface area contributed by atoms with Crippen molar-refractivity contribution in [3.8, 4) is 0 Å². The molecule has 138 valence electrons. The molecule has 26 heavy (non-hydrogen) atoms. The van der Waals surface area contributed by atoms with Gasteiger partial charge < -0.3 is 10.2 Å². The first-order chi connectivity index (χ1) is 12.3. The van der Waals surface area contributed by atoms with Gasteiger partial charge in [-0.2, -0.15) is 0 Å². The molecule has 8 heteroatoms. The third-order valence-electron chi connectivity index (χ3n) is 3.68. The van der Waals surface area contributed by atoms with Crippen molar-refractivity contribution in [3.63, 3.8) is 0 Å². The summed E-state index contributed by atoms with van der Waals surface area (Å²) in [5.74, 6) is -6.12. The lowest BCUT2D eigenvalue weighted by molar-refractivity contribution is -0.130. The fraction of sp³-hybridized carbons (Fsp3) is 0.222. The van der Waals surface area contributed by atoms with Crippen LogP contribution in [0.1, 0.15) is 18.9 Å². The second-order valence-corrected chi connectivity index (χ2v) is 5.55. The van der Waals surface area contributed by atoms with E-state index in [0.717, 1.165) is 6.07 Å². The van der Waals surface area contributed by atoms with Crippen LogP contribution in [0.4, 0.5) is 23.2 Å². The highest BCUT2D eigenvalue weighted by molar-refractivity contribution is 5.91. The van der Waals surface area contributed by atoms with Crippen LogP contribution >= 0.6 is 0 Å². The molecule has 0 unspecified atom stereocenters. The molecule has 0 atom stereocenters. The van der Waals surface area contributed by atoms with Crippen molar-refractivity contribution in [1.29, 1.82) is 0 Å². The van der Waals surface area contributed by atoms with Crippen LogP contribution in [0.3, 0.4) is 0 Å². The molecular formula is C18H16F4N2O2. The molecule has 0 heterocycles. The smallest absolute Gasteiger partial charge is 0.226 e. The number of hydrogen-bond acceptors (Lipinski definition) is 2. The van der Waals surface area contributed by atoms with E-state index in [0.29, 0.717) is 6.07 Å². The van der Waals surface area contributed by atoms with Gasteiger partial charge in [0.2, 0.25) is 11.8 Å². The van der Waals surface area contributed by atoms with Gasteiger partial charge in [0.15, 0.2) is 17.5 Å². The molecule has 0 aromatic heterocycles. The summed E-state index contributed by atoms with van der Waals surface area (Å²) in [4.78, 5) is 24.8. The fourth-order valence-electron chi connectivity index (χ4n) is 2.25. The molecule has 0 saturated heterocycles. The molecule has 2 rings (SSSR count). The van der Waals surface area contributed by atoms with Crippen LogP contribution < -0.4 is 5.32 Å². The Bertz CT molecular complexity index is 827. The zero-order chi connectivity index (χ0) is 19.3. The number of nitrogens with zero attached hydrogens (tertiary/aromatic N) is 1. The van der Waals surface area contributed by atoms with Gasteiger partial charge in [-0.15, -0.1) is 0 Å². The largest absolute Gasteiger partial charge is 0.338 e. The first kappa shape index (κ1) is 19.4. The molecule has 2 aromatic carbocycles. The third-order valence-corrected chi connectivity index (χ3v) is 3.68. The fourth-order valence-corrected chi connectivity index (χ4v) is 2.25. The lowest BCUT2D eigenvalue weighted by atomic mass is 10.2. The van der Waals surface area contributed by atoms with E-state index in [1.165, 1.54) is 30.0 Å². The molecule has 0 aliphatic rings. The van der Waals surface area contributed by atoms with Gasteiger partial charge in [-0.3, -0.25) is 9.59 Å². The van der Waals surface area contributed by atoms with Gasteiger partial charge in [0.05, 0.1) is 5.69 Å². The van der Waals surface area contributed by atoms with Crippen molar-refractivity contribution >= 4 is 17.5 Å². The lowest BCUT2D eigenvalue weighted by Gasteiger charge is -2.21. The molecule has 0 spiro atoms. The van der Waals surface area contributed by atoms with Crippen molar-refractivity contribution in [2.75, 3.05) is 11.9 Å². The minimum atomic E-state index is -1.69. The Balaban J connectivity index is 1.99. The van der Waals surface area contributed by atoms with E-state index >= 15 is 0 Å². The number of nitrogens with one attached hydrogen (secondary N) is 1. The maximum atomic E-state index is 13.7. The maximum Gasteiger partial charge on any atom is 0.226 e. The van der Waals surface area contributed by atoms with Crippen LogP contribution in [0.2, 0.25) is 0 Å². The summed E-state index contributed by atoms with van der Waals surface area (Å²) in [5.41, 5.74) is -0.216. The third kappa shape index (κ3) is 4.81. The van der Waals surface area contributed by atoms with Crippen molar-refractivity contribution in [2.24, 2.45) is 0 Å². The second-order valence-electron chi connectivity index (χ2n) is 5.55. The van der Waals surface area contributed by atoms with Crippen LogP contribution in [0.25, 0.3) is 0 Å². The van der Waals surface area contributed by atoms with Gasteiger partial charge in [0.1, 0.15) is 5.82 Å². The molecule has 0 bridgehead atoms. The van der Waals surface area contributed by atoms with E-state index in [-0.39, 0.29) is 31.0 Å². The summed E-state index contributed by atoms with van der Waals surface area (Å²) in [6.45, 7) is 1.18. The minimum absolute atomic E-state index is 0.0329. The summed E-state index contributed by atoms with van der Waals surface area (Å²) in [7, 11) is 0. The number of anilines is 1. The van der Waals surface area contributed by atoms with Crippen LogP contribution in [0.5, 0.6) is 0 Å². The predicted octanol–water partition coefficient (Wildman–Crippen LogP) is 3.62. The quantitative estimate of drug-likeness (QED) is 0.625.